The second-order valence-corrected chi connectivity index (χ2v) is 4.84. The summed E-state index contributed by atoms with van der Waals surface area (Å²) < 4.78 is 1.86. The van der Waals surface area contributed by atoms with Crippen LogP contribution in [0.4, 0.5) is 0 Å². The third kappa shape index (κ3) is 2.42. The van der Waals surface area contributed by atoms with Crippen LogP contribution in [0.5, 0.6) is 0 Å². The molecule has 1 unspecified atom stereocenters. The lowest BCUT2D eigenvalue weighted by atomic mass is 10.3. The smallest absolute Gasteiger partial charge is 0.128 e. The van der Waals surface area contributed by atoms with Crippen molar-refractivity contribution in [2.45, 2.75) is 19.5 Å². The first kappa shape index (κ1) is 11.6. The summed E-state index contributed by atoms with van der Waals surface area (Å²) in [6.07, 6.45) is 3.47. The summed E-state index contributed by atoms with van der Waals surface area (Å²) in [5, 5.41) is 7.07. The van der Waals surface area contributed by atoms with Crippen LogP contribution < -0.4 is 5.32 Å². The van der Waals surface area contributed by atoms with Crippen molar-refractivity contribution in [2.75, 3.05) is 0 Å². The van der Waals surface area contributed by atoms with Gasteiger partial charge in [-0.3, -0.25) is 0 Å². The third-order valence-electron chi connectivity index (χ3n) is 2.42. The highest BCUT2D eigenvalue weighted by atomic mass is 35.5. The Morgan fingerprint density at radius 1 is 1.56 bits per heavy atom. The zero-order valence-electron chi connectivity index (χ0n) is 9.14. The molecule has 86 valence electrons. The first-order chi connectivity index (χ1) is 7.68. The molecule has 0 radical (unpaired) electrons. The van der Waals surface area contributed by atoms with Gasteiger partial charge in [-0.05, 0) is 6.92 Å². The molecule has 16 heavy (non-hydrogen) atoms. The monoisotopic (exact) mass is 256 g/mol. The first-order valence-corrected chi connectivity index (χ1v) is 6.23. The van der Waals surface area contributed by atoms with Gasteiger partial charge in [0.1, 0.15) is 16.0 Å². The van der Waals surface area contributed by atoms with E-state index >= 15 is 0 Å². The molecule has 0 aliphatic carbocycles. The summed E-state index contributed by atoms with van der Waals surface area (Å²) in [5.41, 5.74) is 0. The third-order valence-corrected chi connectivity index (χ3v) is 3.73. The Hall–Kier alpha value is -0.910. The zero-order chi connectivity index (χ0) is 11.5. The molecule has 1 N–H and O–H groups in total. The lowest BCUT2D eigenvalue weighted by Crippen LogP contribution is -2.20. The van der Waals surface area contributed by atoms with Gasteiger partial charge in [0.15, 0.2) is 0 Å². The van der Waals surface area contributed by atoms with Gasteiger partial charge in [-0.1, -0.05) is 11.6 Å². The molecule has 2 aromatic rings. The van der Waals surface area contributed by atoms with Crippen LogP contribution in [-0.2, 0) is 13.6 Å². The van der Waals surface area contributed by atoms with Gasteiger partial charge in [0.25, 0.3) is 0 Å². The number of imidazole rings is 1. The zero-order valence-corrected chi connectivity index (χ0v) is 10.7. The number of rotatable bonds is 4. The molecule has 1 atom stereocenters. The summed E-state index contributed by atoms with van der Waals surface area (Å²) in [6, 6.07) is 0.232. The molecule has 0 aliphatic heterocycles. The van der Waals surface area contributed by atoms with Crippen molar-refractivity contribution in [3.8, 4) is 0 Å². The summed E-state index contributed by atoms with van der Waals surface area (Å²) >= 11 is 7.56. The molecule has 0 aromatic carbocycles. The summed E-state index contributed by atoms with van der Waals surface area (Å²) in [4.78, 5) is 8.48. The highest BCUT2D eigenvalue weighted by molar-refractivity contribution is 7.09. The number of aromatic nitrogens is 3. The Labute approximate surface area is 103 Å². The minimum absolute atomic E-state index is 0.232. The van der Waals surface area contributed by atoms with E-state index in [-0.39, 0.29) is 6.04 Å². The van der Waals surface area contributed by atoms with Crippen LogP contribution in [0.1, 0.15) is 23.8 Å². The van der Waals surface area contributed by atoms with Gasteiger partial charge in [0.2, 0.25) is 0 Å². The Kier molecular flexibility index (Phi) is 3.58. The van der Waals surface area contributed by atoms with E-state index in [9.17, 15) is 0 Å². The molecule has 0 aliphatic rings. The molecule has 4 nitrogen and oxygen atoms in total. The molecular formula is C10H13ClN4S. The molecule has 6 heteroatoms. The molecule has 0 amide bonds. The summed E-state index contributed by atoms with van der Waals surface area (Å²) in [6.45, 7) is 2.77. The van der Waals surface area contributed by atoms with Crippen LogP contribution in [0.2, 0.25) is 5.15 Å². The van der Waals surface area contributed by atoms with Crippen molar-refractivity contribution in [2.24, 2.45) is 7.05 Å². The minimum atomic E-state index is 0.232. The predicted molar refractivity (Wildman–Crippen MR) is 65.6 cm³/mol. The number of halogens is 1. The van der Waals surface area contributed by atoms with Gasteiger partial charge in [-0.15, -0.1) is 11.3 Å². The predicted octanol–water partition coefficient (Wildman–Crippen LogP) is 2.38. The second-order valence-electron chi connectivity index (χ2n) is 3.53. The normalized spacial score (nSPS) is 12.9. The fourth-order valence-electron chi connectivity index (χ4n) is 1.37. The van der Waals surface area contributed by atoms with Crippen LogP contribution in [0.25, 0.3) is 0 Å². The number of thiazole rings is 1. The molecule has 2 aromatic heterocycles. The Morgan fingerprint density at radius 3 is 2.94 bits per heavy atom. The van der Waals surface area contributed by atoms with Gasteiger partial charge >= 0.3 is 0 Å². The average Bonchev–Trinajstić information content (AvgIpc) is 2.89. The maximum absolute atomic E-state index is 5.91. The fourth-order valence-corrected chi connectivity index (χ4v) is 2.19. The van der Waals surface area contributed by atoms with Crippen molar-refractivity contribution >= 4 is 22.9 Å². The quantitative estimate of drug-likeness (QED) is 0.913. The van der Waals surface area contributed by atoms with Crippen molar-refractivity contribution in [1.82, 2.24) is 19.9 Å². The molecule has 2 heterocycles. The Balaban J connectivity index is 1.95. The van der Waals surface area contributed by atoms with E-state index in [1.54, 1.807) is 17.5 Å². The van der Waals surface area contributed by atoms with Crippen molar-refractivity contribution in [3.63, 3.8) is 0 Å². The maximum Gasteiger partial charge on any atom is 0.128 e. The number of hydrogen-bond acceptors (Lipinski definition) is 4. The molecule has 0 saturated heterocycles. The summed E-state index contributed by atoms with van der Waals surface area (Å²) in [5.74, 6) is 0.924. The van der Waals surface area contributed by atoms with E-state index in [2.05, 4.69) is 22.2 Å². The largest absolute Gasteiger partial charge is 0.321 e. The lowest BCUT2D eigenvalue weighted by molar-refractivity contribution is 0.547. The Bertz CT molecular complexity index is 451. The fraction of sp³-hybridized carbons (Fsp3) is 0.400. The van der Waals surface area contributed by atoms with Gasteiger partial charge in [0, 0.05) is 18.6 Å². The van der Waals surface area contributed by atoms with Crippen LogP contribution in [0.15, 0.2) is 17.8 Å². The second kappa shape index (κ2) is 4.95. The van der Waals surface area contributed by atoms with Crippen molar-refractivity contribution < 1.29 is 0 Å². The highest BCUT2D eigenvalue weighted by Gasteiger charge is 2.09. The van der Waals surface area contributed by atoms with Crippen LogP contribution >= 0.6 is 22.9 Å². The topological polar surface area (TPSA) is 42.7 Å². The highest BCUT2D eigenvalue weighted by Crippen LogP contribution is 2.15. The first-order valence-electron chi connectivity index (χ1n) is 4.97. The van der Waals surface area contributed by atoms with Crippen LogP contribution in [0, 0.1) is 0 Å². The van der Waals surface area contributed by atoms with E-state index < -0.39 is 0 Å². The maximum atomic E-state index is 5.91. The number of nitrogens with one attached hydrogen (secondary N) is 1. The van der Waals surface area contributed by atoms with Crippen LogP contribution in [0.3, 0.4) is 0 Å². The average molecular weight is 257 g/mol. The standard InChI is InChI=1S/C10H13ClN4S/c1-7(10-12-3-4-16-10)13-6-9-14-5-8(11)15(9)2/h3-5,7,13H,6H2,1-2H3. The molecule has 2 rings (SSSR count). The molecule has 0 bridgehead atoms. The molecule has 0 saturated carbocycles. The lowest BCUT2D eigenvalue weighted by Gasteiger charge is -2.10. The van der Waals surface area contributed by atoms with Crippen molar-refractivity contribution in [1.29, 1.82) is 0 Å². The van der Waals surface area contributed by atoms with E-state index in [1.165, 1.54) is 0 Å². The van der Waals surface area contributed by atoms with Gasteiger partial charge in [-0.25, -0.2) is 9.97 Å². The molecule has 0 spiro atoms. The van der Waals surface area contributed by atoms with Gasteiger partial charge in [-0.2, -0.15) is 0 Å². The van der Waals surface area contributed by atoms with E-state index in [4.69, 9.17) is 11.6 Å². The van der Waals surface area contributed by atoms with E-state index in [0.717, 1.165) is 10.8 Å². The minimum Gasteiger partial charge on any atom is -0.321 e. The molecule has 0 fully saturated rings. The number of hydrogen-bond donors (Lipinski definition) is 1. The Morgan fingerprint density at radius 2 is 2.38 bits per heavy atom. The van der Waals surface area contributed by atoms with Crippen LogP contribution in [-0.4, -0.2) is 14.5 Å². The molecular weight excluding hydrogens is 244 g/mol. The SMILES string of the molecule is CC(NCc1ncc(Cl)n1C)c1nccs1. The van der Waals surface area contributed by atoms with Gasteiger partial charge in [0.05, 0.1) is 18.8 Å². The van der Waals surface area contributed by atoms with Crippen molar-refractivity contribution in [3.05, 3.63) is 33.8 Å². The van der Waals surface area contributed by atoms with Gasteiger partial charge < -0.3 is 9.88 Å². The number of nitrogens with zero attached hydrogens (tertiary/aromatic N) is 3. The van der Waals surface area contributed by atoms with E-state index in [1.807, 2.05) is 23.2 Å². The summed E-state index contributed by atoms with van der Waals surface area (Å²) in [7, 11) is 1.90. The van der Waals surface area contributed by atoms with E-state index in [0.29, 0.717) is 11.7 Å².